The summed E-state index contributed by atoms with van der Waals surface area (Å²) in [7, 11) is 1.89. The highest BCUT2D eigenvalue weighted by Crippen LogP contribution is 2.67. The van der Waals surface area contributed by atoms with Crippen LogP contribution in [-0.4, -0.2) is 13.2 Å². The highest BCUT2D eigenvalue weighted by molar-refractivity contribution is 5.25. The molecular formula is C28H48O. The van der Waals surface area contributed by atoms with Crippen molar-refractivity contribution in [1.82, 2.24) is 0 Å². The van der Waals surface area contributed by atoms with Crippen LogP contribution in [0.3, 0.4) is 0 Å². The van der Waals surface area contributed by atoms with Crippen LogP contribution in [0.1, 0.15) is 105 Å². The van der Waals surface area contributed by atoms with Crippen molar-refractivity contribution in [2.75, 3.05) is 7.11 Å². The monoisotopic (exact) mass is 400 g/mol. The number of fused-ring (bicyclic) bond motifs is 5. The first kappa shape index (κ1) is 21.9. The van der Waals surface area contributed by atoms with Gasteiger partial charge in [-0.2, -0.15) is 0 Å². The Labute approximate surface area is 181 Å². The van der Waals surface area contributed by atoms with E-state index in [1.54, 1.807) is 5.57 Å². The van der Waals surface area contributed by atoms with Crippen LogP contribution in [0.4, 0.5) is 0 Å². The summed E-state index contributed by atoms with van der Waals surface area (Å²) in [5.74, 6) is 5.69. The Morgan fingerprint density at radius 1 is 0.966 bits per heavy atom. The van der Waals surface area contributed by atoms with Gasteiger partial charge in [0, 0.05) is 7.11 Å². The van der Waals surface area contributed by atoms with E-state index in [1.807, 2.05) is 7.11 Å². The minimum absolute atomic E-state index is 0.381. The van der Waals surface area contributed by atoms with Crippen LogP contribution in [0.5, 0.6) is 0 Å². The SMILES string of the molecule is CO[C@H]1C=C2CC[C@H]3[C@@H]4CC[C@H]([C@H](C)CCCC(C)C)[C@@]4(C)CC[C@@H]3[C@@]2(C)CC1. The lowest BCUT2D eigenvalue weighted by molar-refractivity contribution is -0.0638. The van der Waals surface area contributed by atoms with Crippen LogP contribution < -0.4 is 0 Å². The van der Waals surface area contributed by atoms with Crippen molar-refractivity contribution in [2.24, 2.45) is 46.3 Å². The summed E-state index contributed by atoms with van der Waals surface area (Å²) < 4.78 is 5.72. The zero-order chi connectivity index (χ0) is 20.8. The molecule has 4 aliphatic rings. The maximum atomic E-state index is 5.72. The third kappa shape index (κ3) is 3.77. The molecule has 3 saturated carbocycles. The van der Waals surface area contributed by atoms with Crippen molar-refractivity contribution >= 4 is 0 Å². The molecule has 3 fully saturated rings. The molecule has 0 N–H and O–H groups in total. The molecule has 0 aromatic rings. The summed E-state index contributed by atoms with van der Waals surface area (Å²) >= 11 is 0. The molecule has 29 heavy (non-hydrogen) atoms. The van der Waals surface area contributed by atoms with Crippen LogP contribution in [-0.2, 0) is 4.74 Å². The molecule has 0 saturated heterocycles. The van der Waals surface area contributed by atoms with Crippen LogP contribution in [0.2, 0.25) is 0 Å². The van der Waals surface area contributed by atoms with E-state index in [0.29, 0.717) is 16.9 Å². The Morgan fingerprint density at radius 2 is 1.76 bits per heavy atom. The molecule has 0 radical (unpaired) electrons. The second-order valence-electron chi connectivity index (χ2n) is 12.4. The normalized spacial score (nSPS) is 45.3. The maximum Gasteiger partial charge on any atom is 0.0755 e. The van der Waals surface area contributed by atoms with Crippen molar-refractivity contribution in [3.8, 4) is 0 Å². The Hall–Kier alpha value is -0.300. The van der Waals surface area contributed by atoms with Crippen LogP contribution >= 0.6 is 0 Å². The number of hydrogen-bond acceptors (Lipinski definition) is 1. The average molecular weight is 401 g/mol. The zero-order valence-corrected chi connectivity index (χ0v) is 20.3. The summed E-state index contributed by atoms with van der Waals surface area (Å²) in [6, 6.07) is 0. The number of rotatable bonds is 6. The van der Waals surface area contributed by atoms with Crippen molar-refractivity contribution in [3.63, 3.8) is 0 Å². The fraction of sp³-hybridized carbons (Fsp3) is 0.929. The third-order valence-electron chi connectivity index (χ3n) is 10.6. The predicted molar refractivity (Wildman–Crippen MR) is 124 cm³/mol. The Morgan fingerprint density at radius 3 is 2.48 bits per heavy atom. The van der Waals surface area contributed by atoms with Gasteiger partial charge in [0.25, 0.3) is 0 Å². The van der Waals surface area contributed by atoms with E-state index in [9.17, 15) is 0 Å². The van der Waals surface area contributed by atoms with Gasteiger partial charge in [0.05, 0.1) is 6.10 Å². The van der Waals surface area contributed by atoms with E-state index in [4.69, 9.17) is 4.74 Å². The smallest absolute Gasteiger partial charge is 0.0755 e. The van der Waals surface area contributed by atoms with Crippen molar-refractivity contribution in [3.05, 3.63) is 11.6 Å². The maximum absolute atomic E-state index is 5.72. The summed E-state index contributed by atoms with van der Waals surface area (Å²) in [6.45, 7) is 12.7. The van der Waals surface area contributed by atoms with Crippen molar-refractivity contribution in [1.29, 1.82) is 0 Å². The molecule has 0 aromatic carbocycles. The molecule has 1 nitrogen and oxygen atoms in total. The molecule has 4 rings (SSSR count). The Bertz CT molecular complexity index is 605. The number of methoxy groups -OCH3 is 1. The summed E-state index contributed by atoms with van der Waals surface area (Å²) in [4.78, 5) is 0. The molecule has 0 aromatic heterocycles. The standard InChI is InChI=1S/C28H48O/c1-19(2)8-7-9-20(3)24-12-13-25-23-11-10-21-18-22(29-6)14-16-27(21,4)26(23)15-17-28(24,25)5/h18-20,22-26H,7-17H2,1-6H3/t20-,22-,23+,24-,25+,26+,27+,28-/m1/s1. The van der Waals surface area contributed by atoms with Crippen molar-refractivity contribution in [2.45, 2.75) is 111 Å². The fourth-order valence-corrected chi connectivity index (χ4v) is 8.91. The first-order valence-corrected chi connectivity index (χ1v) is 13.0. The number of allylic oxidation sites excluding steroid dienone is 1. The van der Waals surface area contributed by atoms with Crippen LogP contribution in [0.25, 0.3) is 0 Å². The second kappa shape index (κ2) is 8.33. The Balaban J connectivity index is 1.48. The average Bonchev–Trinajstić information content (AvgIpc) is 3.04. The topological polar surface area (TPSA) is 9.23 Å². The second-order valence-corrected chi connectivity index (χ2v) is 12.4. The van der Waals surface area contributed by atoms with Gasteiger partial charge in [0.1, 0.15) is 0 Å². The molecule has 0 aliphatic heterocycles. The highest BCUT2D eigenvalue weighted by atomic mass is 16.5. The first-order chi connectivity index (χ1) is 13.8. The lowest BCUT2D eigenvalue weighted by Gasteiger charge is -2.59. The van der Waals surface area contributed by atoms with E-state index in [1.165, 1.54) is 70.6 Å². The minimum atomic E-state index is 0.381. The van der Waals surface area contributed by atoms with Gasteiger partial charge in [-0.15, -0.1) is 0 Å². The molecule has 8 atom stereocenters. The zero-order valence-electron chi connectivity index (χ0n) is 20.3. The quantitative estimate of drug-likeness (QED) is 0.410. The Kier molecular flexibility index (Phi) is 6.29. The summed E-state index contributed by atoms with van der Waals surface area (Å²) in [6.07, 6.45) is 18.6. The highest BCUT2D eigenvalue weighted by Gasteiger charge is 2.59. The van der Waals surface area contributed by atoms with E-state index in [2.05, 4.69) is 40.7 Å². The van der Waals surface area contributed by atoms with Gasteiger partial charge in [-0.25, -0.2) is 0 Å². The van der Waals surface area contributed by atoms with E-state index < -0.39 is 0 Å². The van der Waals surface area contributed by atoms with Gasteiger partial charge in [-0.1, -0.05) is 65.5 Å². The van der Waals surface area contributed by atoms with Gasteiger partial charge in [0.15, 0.2) is 0 Å². The molecule has 166 valence electrons. The van der Waals surface area contributed by atoms with Gasteiger partial charge < -0.3 is 4.74 Å². The van der Waals surface area contributed by atoms with Gasteiger partial charge in [-0.05, 0) is 97.7 Å². The molecule has 4 aliphatic carbocycles. The lowest BCUT2D eigenvalue weighted by atomic mass is 9.46. The van der Waals surface area contributed by atoms with E-state index in [0.717, 1.165) is 35.5 Å². The van der Waals surface area contributed by atoms with E-state index in [-0.39, 0.29) is 0 Å². The first-order valence-electron chi connectivity index (χ1n) is 13.0. The minimum Gasteiger partial charge on any atom is -0.377 e. The molecule has 1 heteroatoms. The molecule has 0 heterocycles. The molecule has 0 spiro atoms. The van der Waals surface area contributed by atoms with Gasteiger partial charge in [0.2, 0.25) is 0 Å². The van der Waals surface area contributed by atoms with Crippen LogP contribution in [0.15, 0.2) is 11.6 Å². The van der Waals surface area contributed by atoms with E-state index >= 15 is 0 Å². The van der Waals surface area contributed by atoms with Crippen molar-refractivity contribution < 1.29 is 4.74 Å². The lowest BCUT2D eigenvalue weighted by Crippen LogP contribution is -2.51. The summed E-state index contributed by atoms with van der Waals surface area (Å²) in [5.41, 5.74) is 2.86. The largest absolute Gasteiger partial charge is 0.377 e. The fourth-order valence-electron chi connectivity index (χ4n) is 8.91. The molecule has 0 unspecified atom stereocenters. The van der Waals surface area contributed by atoms with Gasteiger partial charge >= 0.3 is 0 Å². The van der Waals surface area contributed by atoms with Crippen LogP contribution in [0, 0.1) is 46.3 Å². The molecule has 0 bridgehead atoms. The molecular weight excluding hydrogens is 352 g/mol. The molecule has 0 amide bonds. The number of ether oxygens (including phenoxy) is 1. The third-order valence-corrected chi connectivity index (χ3v) is 10.6. The van der Waals surface area contributed by atoms with Gasteiger partial charge in [-0.3, -0.25) is 0 Å². The summed E-state index contributed by atoms with van der Waals surface area (Å²) in [5, 5.41) is 0. The predicted octanol–water partition coefficient (Wildman–Crippen LogP) is 8.04. The number of hydrogen-bond donors (Lipinski definition) is 0.